The highest BCUT2D eigenvalue weighted by atomic mass is 32.1. The van der Waals surface area contributed by atoms with Gasteiger partial charge in [-0.05, 0) is 24.6 Å². The molecule has 1 aliphatic rings. The van der Waals surface area contributed by atoms with Gasteiger partial charge < -0.3 is 5.32 Å². The number of rotatable bonds is 3. The van der Waals surface area contributed by atoms with Crippen LogP contribution in [-0.2, 0) is 4.79 Å². The zero-order chi connectivity index (χ0) is 19.4. The second-order valence-electron chi connectivity index (χ2n) is 6.41. The van der Waals surface area contributed by atoms with Crippen molar-refractivity contribution in [2.45, 2.75) is 12.6 Å². The first-order chi connectivity index (χ1) is 13.5. The summed E-state index contributed by atoms with van der Waals surface area (Å²) >= 11 is 1.13. The van der Waals surface area contributed by atoms with E-state index >= 15 is 0 Å². The monoisotopic (exact) mass is 396 g/mol. The van der Waals surface area contributed by atoms with Gasteiger partial charge in [-0.2, -0.15) is 5.10 Å². The van der Waals surface area contributed by atoms with Crippen LogP contribution in [0.15, 0.2) is 24.4 Å². The Morgan fingerprint density at radius 1 is 1.39 bits per heavy atom. The Balaban J connectivity index is 1.59. The third kappa shape index (κ3) is 2.59. The number of hydrogen-bond acceptors (Lipinski definition) is 5. The molecule has 1 aromatic carbocycles. The van der Waals surface area contributed by atoms with E-state index in [4.69, 9.17) is 6.57 Å². The van der Waals surface area contributed by atoms with Gasteiger partial charge >= 0.3 is 0 Å². The lowest BCUT2D eigenvalue weighted by Gasteiger charge is -2.06. The van der Waals surface area contributed by atoms with E-state index in [1.165, 1.54) is 12.3 Å². The first-order valence-corrected chi connectivity index (χ1v) is 9.12. The van der Waals surface area contributed by atoms with Crippen LogP contribution in [0.1, 0.15) is 6.42 Å². The Morgan fingerprint density at radius 2 is 2.21 bits per heavy atom. The molecule has 0 spiro atoms. The highest BCUT2D eigenvalue weighted by molar-refractivity contribution is 7.22. The summed E-state index contributed by atoms with van der Waals surface area (Å²) < 4.78 is 27.4. The van der Waals surface area contributed by atoms with Crippen LogP contribution in [0.3, 0.4) is 0 Å². The molecule has 1 fully saturated rings. The minimum Gasteiger partial charge on any atom is -0.302 e. The molecule has 28 heavy (non-hydrogen) atoms. The fourth-order valence-electron chi connectivity index (χ4n) is 3.06. The number of nitrogens with one attached hydrogen (secondary N) is 2. The molecule has 0 aliphatic heterocycles. The number of aromatic amines is 1. The number of benzene rings is 1. The Kier molecular flexibility index (Phi) is 3.60. The molecule has 0 radical (unpaired) electrons. The molecule has 4 aromatic rings. The number of carbonyl (C=O) groups is 1. The van der Waals surface area contributed by atoms with Crippen molar-refractivity contribution in [2.75, 3.05) is 5.32 Å². The van der Waals surface area contributed by atoms with E-state index in [0.717, 1.165) is 11.3 Å². The SMILES string of the molecule is [C-]#[N+]c1c(F)cc2[nH]ncc2c1-c1ccc2nc(NC(=O)[C@@H]3C[C@@H]3F)sc2n1. The van der Waals surface area contributed by atoms with Crippen LogP contribution in [-0.4, -0.2) is 32.2 Å². The lowest BCUT2D eigenvalue weighted by Crippen LogP contribution is -2.14. The van der Waals surface area contributed by atoms with Crippen LogP contribution < -0.4 is 5.32 Å². The molecular weight excluding hydrogens is 386 g/mol. The summed E-state index contributed by atoms with van der Waals surface area (Å²) in [6, 6.07) is 4.56. The number of halogens is 2. The van der Waals surface area contributed by atoms with Gasteiger partial charge in [0, 0.05) is 10.9 Å². The summed E-state index contributed by atoms with van der Waals surface area (Å²) in [4.78, 5) is 24.5. The van der Waals surface area contributed by atoms with Gasteiger partial charge in [-0.25, -0.2) is 23.6 Å². The predicted octanol–water partition coefficient (Wildman–Crippen LogP) is 4.22. The molecule has 0 bridgehead atoms. The summed E-state index contributed by atoms with van der Waals surface area (Å²) in [6.45, 7) is 7.35. The number of aromatic nitrogens is 4. The zero-order valence-electron chi connectivity index (χ0n) is 14.0. The summed E-state index contributed by atoms with van der Waals surface area (Å²) in [5.41, 5.74) is 1.61. The second kappa shape index (κ2) is 6.03. The van der Waals surface area contributed by atoms with E-state index in [1.54, 1.807) is 12.1 Å². The lowest BCUT2D eigenvalue weighted by atomic mass is 10.0. The third-order valence-electron chi connectivity index (χ3n) is 4.58. The number of anilines is 1. The fourth-order valence-corrected chi connectivity index (χ4v) is 3.90. The van der Waals surface area contributed by atoms with E-state index in [2.05, 4.69) is 30.3 Å². The topological polar surface area (TPSA) is 87.9 Å². The Labute approximate surface area is 160 Å². The smallest absolute Gasteiger partial charge is 0.232 e. The number of fused-ring (bicyclic) bond motifs is 2. The molecule has 0 saturated heterocycles. The van der Waals surface area contributed by atoms with Gasteiger partial charge in [0.2, 0.25) is 11.6 Å². The number of amides is 1. The van der Waals surface area contributed by atoms with E-state index in [1.807, 2.05) is 0 Å². The van der Waals surface area contributed by atoms with E-state index in [-0.39, 0.29) is 12.1 Å². The lowest BCUT2D eigenvalue weighted by molar-refractivity contribution is -0.117. The largest absolute Gasteiger partial charge is 0.302 e. The fraction of sp³-hybridized carbons (Fsp3) is 0.167. The van der Waals surface area contributed by atoms with Crippen molar-refractivity contribution in [1.82, 2.24) is 20.2 Å². The summed E-state index contributed by atoms with van der Waals surface area (Å²) in [7, 11) is 0. The van der Waals surface area contributed by atoms with Crippen molar-refractivity contribution in [3.63, 3.8) is 0 Å². The van der Waals surface area contributed by atoms with Gasteiger partial charge in [-0.15, -0.1) is 0 Å². The minimum absolute atomic E-state index is 0.137. The van der Waals surface area contributed by atoms with Gasteiger partial charge in [-0.3, -0.25) is 9.89 Å². The average molecular weight is 396 g/mol. The van der Waals surface area contributed by atoms with Crippen molar-refractivity contribution < 1.29 is 13.6 Å². The maximum absolute atomic E-state index is 14.3. The van der Waals surface area contributed by atoms with Crippen LogP contribution >= 0.6 is 11.3 Å². The molecule has 3 heterocycles. The maximum atomic E-state index is 14.3. The van der Waals surface area contributed by atoms with E-state index in [9.17, 15) is 13.6 Å². The van der Waals surface area contributed by atoms with Crippen LogP contribution in [0.5, 0.6) is 0 Å². The quantitative estimate of drug-likeness (QED) is 0.508. The summed E-state index contributed by atoms with van der Waals surface area (Å²) in [6.07, 6.45) is 0.668. The molecule has 1 saturated carbocycles. The zero-order valence-corrected chi connectivity index (χ0v) is 14.8. The first kappa shape index (κ1) is 16.7. The molecule has 5 rings (SSSR count). The molecule has 0 unspecified atom stereocenters. The molecule has 2 N–H and O–H groups in total. The van der Waals surface area contributed by atoms with Gasteiger partial charge in [0.1, 0.15) is 22.3 Å². The van der Waals surface area contributed by atoms with Crippen LogP contribution in [0.4, 0.5) is 19.6 Å². The second-order valence-corrected chi connectivity index (χ2v) is 7.39. The number of H-pyrrole nitrogens is 1. The van der Waals surface area contributed by atoms with Gasteiger partial charge in [0.15, 0.2) is 5.13 Å². The predicted molar refractivity (Wildman–Crippen MR) is 100 cm³/mol. The number of nitrogens with zero attached hydrogens (tertiary/aromatic N) is 4. The van der Waals surface area contributed by atoms with Crippen molar-refractivity contribution in [2.24, 2.45) is 5.92 Å². The average Bonchev–Trinajstić information content (AvgIpc) is 3.05. The Morgan fingerprint density at radius 3 is 2.96 bits per heavy atom. The van der Waals surface area contributed by atoms with E-state index in [0.29, 0.717) is 37.6 Å². The van der Waals surface area contributed by atoms with Gasteiger partial charge in [-0.1, -0.05) is 11.3 Å². The molecule has 1 aliphatic carbocycles. The van der Waals surface area contributed by atoms with Crippen LogP contribution in [0, 0.1) is 18.3 Å². The first-order valence-electron chi connectivity index (χ1n) is 8.31. The van der Waals surface area contributed by atoms with Gasteiger partial charge in [0.25, 0.3) is 0 Å². The summed E-state index contributed by atoms with van der Waals surface area (Å²) in [5, 5.41) is 10.1. The van der Waals surface area contributed by atoms with E-state index < -0.39 is 23.8 Å². The van der Waals surface area contributed by atoms with Crippen molar-refractivity contribution in [3.8, 4) is 11.3 Å². The van der Waals surface area contributed by atoms with Crippen molar-refractivity contribution >= 4 is 49.3 Å². The van der Waals surface area contributed by atoms with Crippen molar-refractivity contribution in [1.29, 1.82) is 0 Å². The highest BCUT2D eigenvalue weighted by Crippen LogP contribution is 2.39. The summed E-state index contributed by atoms with van der Waals surface area (Å²) in [5.74, 6) is -1.67. The number of thiazole rings is 1. The maximum Gasteiger partial charge on any atom is 0.232 e. The number of carbonyl (C=O) groups excluding carboxylic acids is 1. The number of hydrogen-bond donors (Lipinski definition) is 2. The standard InChI is InChI=1S/C18H10F2N6OS/c1-21-15-10(20)5-13-8(6-22-26-13)14(15)11-2-3-12-17(23-11)28-18(24-12)25-16(27)7-4-9(7)19/h2-3,5-7,9H,4H2,(H,22,26)(H,24,25,27)/t7-,9+/m1/s1. The number of pyridine rings is 1. The molecule has 1 amide bonds. The molecule has 138 valence electrons. The third-order valence-corrected chi connectivity index (χ3v) is 5.46. The molecule has 10 heteroatoms. The minimum atomic E-state index is -1.09. The molecule has 3 aromatic heterocycles. The Hall–Kier alpha value is -3.45. The molecule has 2 atom stereocenters. The molecular formula is C18H10F2N6OS. The van der Waals surface area contributed by atoms with Crippen LogP contribution in [0.25, 0.3) is 37.4 Å². The Bertz CT molecular complexity index is 1310. The molecule has 7 nitrogen and oxygen atoms in total. The highest BCUT2D eigenvalue weighted by Gasteiger charge is 2.43. The van der Waals surface area contributed by atoms with Gasteiger partial charge in [0.05, 0.1) is 29.9 Å². The van der Waals surface area contributed by atoms with Crippen molar-refractivity contribution in [3.05, 3.63) is 41.6 Å². The number of alkyl halides is 1. The van der Waals surface area contributed by atoms with Crippen LogP contribution in [0.2, 0.25) is 0 Å². The normalized spacial score (nSPS) is 18.3.